The zero-order chi connectivity index (χ0) is 18.5. The molecule has 2 unspecified atom stereocenters. The first-order valence-corrected chi connectivity index (χ1v) is 10.5. The van der Waals surface area contributed by atoms with Crippen LogP contribution >= 0.6 is 0 Å². The fourth-order valence-electron chi connectivity index (χ4n) is 4.93. The summed E-state index contributed by atoms with van der Waals surface area (Å²) < 4.78 is 0. The largest absolute Gasteiger partial charge is 0.391 e. The van der Waals surface area contributed by atoms with Gasteiger partial charge in [0.2, 0.25) is 0 Å². The van der Waals surface area contributed by atoms with E-state index in [4.69, 9.17) is 0 Å². The Hall–Kier alpha value is -1.54. The van der Waals surface area contributed by atoms with Gasteiger partial charge in [0.15, 0.2) is 0 Å². The molecule has 0 radical (unpaired) electrons. The molecule has 26 heavy (non-hydrogen) atoms. The molecule has 1 heterocycles. The molecule has 1 fully saturated rings. The molecule has 0 bridgehead atoms. The van der Waals surface area contributed by atoms with Gasteiger partial charge in [-0.2, -0.15) is 0 Å². The first kappa shape index (κ1) is 19.2. The SMILES string of the molecule is C=CCCC(C(=C)NC)N1Cc2cc(CC3CCCCC3)ccc2C1C. The summed E-state index contributed by atoms with van der Waals surface area (Å²) >= 11 is 0. The first-order valence-electron chi connectivity index (χ1n) is 10.5. The molecule has 1 aliphatic carbocycles. The average Bonchev–Trinajstić information content (AvgIpc) is 2.98. The van der Waals surface area contributed by atoms with Crippen LogP contribution in [0.5, 0.6) is 0 Å². The summed E-state index contributed by atoms with van der Waals surface area (Å²) in [5.74, 6) is 0.904. The highest BCUT2D eigenvalue weighted by molar-refractivity contribution is 5.38. The minimum absolute atomic E-state index is 0.363. The lowest BCUT2D eigenvalue weighted by atomic mass is 9.84. The lowest BCUT2D eigenvalue weighted by Crippen LogP contribution is -2.37. The summed E-state index contributed by atoms with van der Waals surface area (Å²) in [5.41, 5.74) is 5.69. The molecule has 142 valence electrons. The lowest BCUT2D eigenvalue weighted by molar-refractivity contribution is 0.167. The van der Waals surface area contributed by atoms with Crippen molar-refractivity contribution in [2.24, 2.45) is 5.92 Å². The van der Waals surface area contributed by atoms with Crippen molar-refractivity contribution in [2.45, 2.75) is 76.9 Å². The maximum Gasteiger partial charge on any atom is 0.0501 e. The Morgan fingerprint density at radius 2 is 2.08 bits per heavy atom. The van der Waals surface area contributed by atoms with Gasteiger partial charge in [-0.25, -0.2) is 0 Å². The summed E-state index contributed by atoms with van der Waals surface area (Å²) in [5, 5.41) is 3.29. The van der Waals surface area contributed by atoms with Gasteiger partial charge in [-0.15, -0.1) is 6.58 Å². The van der Waals surface area contributed by atoms with Crippen LogP contribution in [-0.4, -0.2) is 18.0 Å². The van der Waals surface area contributed by atoms with Gasteiger partial charge >= 0.3 is 0 Å². The number of rotatable bonds is 8. The summed E-state index contributed by atoms with van der Waals surface area (Å²) in [6, 6.07) is 8.09. The van der Waals surface area contributed by atoms with Crippen molar-refractivity contribution in [3.05, 3.63) is 59.8 Å². The Kier molecular flexibility index (Phi) is 6.58. The third-order valence-corrected chi connectivity index (χ3v) is 6.52. The van der Waals surface area contributed by atoms with Crippen LogP contribution < -0.4 is 5.32 Å². The van der Waals surface area contributed by atoms with Crippen molar-refractivity contribution in [1.82, 2.24) is 10.2 Å². The second-order valence-electron chi connectivity index (χ2n) is 8.25. The lowest BCUT2D eigenvalue weighted by Gasteiger charge is -2.33. The number of hydrogen-bond acceptors (Lipinski definition) is 2. The number of nitrogens with one attached hydrogen (secondary N) is 1. The summed E-state index contributed by atoms with van der Waals surface area (Å²) in [4.78, 5) is 2.61. The Morgan fingerprint density at radius 3 is 2.77 bits per heavy atom. The maximum absolute atomic E-state index is 4.28. The third kappa shape index (κ3) is 4.23. The molecule has 1 aromatic rings. The number of allylic oxidation sites excluding steroid dienone is 1. The van der Waals surface area contributed by atoms with Gasteiger partial charge < -0.3 is 5.32 Å². The van der Waals surface area contributed by atoms with E-state index in [1.807, 2.05) is 13.1 Å². The van der Waals surface area contributed by atoms with Crippen LogP contribution in [0.4, 0.5) is 0 Å². The van der Waals surface area contributed by atoms with E-state index in [1.165, 1.54) is 49.7 Å². The standard InChI is InChI=1S/C24H36N2/c1-5-6-12-24(18(2)25-4)26-17-22-16-21(13-14-23(22)19(26)3)15-20-10-8-7-9-11-20/h5,13-14,16,19-20,24-25H,1-2,6-12,15,17H2,3-4H3. The van der Waals surface area contributed by atoms with Gasteiger partial charge in [0.05, 0.1) is 6.04 Å². The van der Waals surface area contributed by atoms with Crippen LogP contribution in [0, 0.1) is 5.92 Å². The smallest absolute Gasteiger partial charge is 0.0501 e. The van der Waals surface area contributed by atoms with Crippen LogP contribution in [0.15, 0.2) is 43.1 Å². The second-order valence-corrected chi connectivity index (χ2v) is 8.25. The molecular formula is C24H36N2. The highest BCUT2D eigenvalue weighted by Crippen LogP contribution is 2.38. The molecule has 2 aliphatic rings. The second kappa shape index (κ2) is 8.90. The molecule has 2 heteroatoms. The van der Waals surface area contributed by atoms with Crippen molar-refractivity contribution in [1.29, 1.82) is 0 Å². The molecule has 1 aliphatic heterocycles. The minimum Gasteiger partial charge on any atom is -0.391 e. The van der Waals surface area contributed by atoms with Crippen LogP contribution in [0.2, 0.25) is 0 Å². The summed E-state index contributed by atoms with van der Waals surface area (Å²) in [6.45, 7) is 11.6. The molecule has 3 rings (SSSR count). The minimum atomic E-state index is 0.363. The fourth-order valence-corrected chi connectivity index (χ4v) is 4.93. The molecule has 2 atom stereocenters. The van der Waals surface area contributed by atoms with Crippen molar-refractivity contribution in [2.75, 3.05) is 7.05 Å². The van der Waals surface area contributed by atoms with E-state index in [1.54, 1.807) is 5.56 Å². The van der Waals surface area contributed by atoms with Crippen molar-refractivity contribution < 1.29 is 0 Å². The summed E-state index contributed by atoms with van der Waals surface area (Å²) in [6.07, 6.45) is 12.5. The van der Waals surface area contributed by atoms with Gasteiger partial charge in [0.25, 0.3) is 0 Å². The Balaban J connectivity index is 1.73. The van der Waals surface area contributed by atoms with Gasteiger partial charge in [-0.3, -0.25) is 4.90 Å². The van der Waals surface area contributed by atoms with Crippen LogP contribution in [0.1, 0.15) is 74.6 Å². The molecule has 1 saturated carbocycles. The Morgan fingerprint density at radius 1 is 1.31 bits per heavy atom. The number of likely N-dealkylation sites (N-methyl/N-ethyl adjacent to an activating group) is 1. The predicted molar refractivity (Wildman–Crippen MR) is 112 cm³/mol. The van der Waals surface area contributed by atoms with Crippen molar-refractivity contribution >= 4 is 0 Å². The van der Waals surface area contributed by atoms with Gasteiger partial charge in [0.1, 0.15) is 0 Å². The number of nitrogens with zero attached hydrogens (tertiary/aromatic N) is 1. The highest BCUT2D eigenvalue weighted by Gasteiger charge is 2.33. The predicted octanol–water partition coefficient (Wildman–Crippen LogP) is 5.75. The number of hydrogen-bond donors (Lipinski definition) is 1. The maximum atomic E-state index is 4.28. The Labute approximate surface area is 160 Å². The van der Waals surface area contributed by atoms with Crippen LogP contribution in [-0.2, 0) is 13.0 Å². The molecule has 0 spiro atoms. The topological polar surface area (TPSA) is 15.3 Å². The Bertz CT molecular complexity index is 627. The van der Waals surface area contributed by atoms with Gasteiger partial charge in [-0.05, 0) is 48.8 Å². The molecule has 1 N–H and O–H groups in total. The van der Waals surface area contributed by atoms with Crippen molar-refractivity contribution in [3.63, 3.8) is 0 Å². The van der Waals surface area contributed by atoms with Crippen LogP contribution in [0.25, 0.3) is 0 Å². The number of fused-ring (bicyclic) bond motifs is 1. The molecule has 0 aromatic heterocycles. The van der Waals surface area contributed by atoms with Crippen LogP contribution in [0.3, 0.4) is 0 Å². The van der Waals surface area contributed by atoms with E-state index in [2.05, 4.69) is 48.5 Å². The van der Waals surface area contributed by atoms with E-state index in [-0.39, 0.29) is 0 Å². The average molecular weight is 353 g/mol. The normalized spacial score (nSPS) is 22.0. The fraction of sp³-hybridized carbons (Fsp3) is 0.583. The zero-order valence-corrected chi connectivity index (χ0v) is 16.8. The van der Waals surface area contributed by atoms with E-state index in [0.29, 0.717) is 12.1 Å². The number of benzene rings is 1. The highest BCUT2D eigenvalue weighted by atomic mass is 15.2. The molecule has 0 saturated heterocycles. The third-order valence-electron chi connectivity index (χ3n) is 6.52. The molecule has 1 aromatic carbocycles. The molecular weight excluding hydrogens is 316 g/mol. The van der Waals surface area contributed by atoms with Gasteiger partial charge in [0, 0.05) is 25.3 Å². The van der Waals surface area contributed by atoms with E-state index in [9.17, 15) is 0 Å². The van der Waals surface area contributed by atoms with E-state index in [0.717, 1.165) is 31.0 Å². The van der Waals surface area contributed by atoms with E-state index >= 15 is 0 Å². The monoisotopic (exact) mass is 352 g/mol. The molecule has 0 amide bonds. The van der Waals surface area contributed by atoms with Gasteiger partial charge in [-0.1, -0.05) is 63.0 Å². The zero-order valence-electron chi connectivity index (χ0n) is 16.8. The van der Waals surface area contributed by atoms with E-state index < -0.39 is 0 Å². The quantitative estimate of drug-likeness (QED) is 0.599. The summed E-state index contributed by atoms with van der Waals surface area (Å²) in [7, 11) is 1.99. The molecule has 2 nitrogen and oxygen atoms in total. The first-order chi connectivity index (χ1) is 12.6. The van der Waals surface area contributed by atoms with Crippen molar-refractivity contribution in [3.8, 4) is 0 Å².